The van der Waals surface area contributed by atoms with Crippen molar-refractivity contribution in [3.05, 3.63) is 64.9 Å². The maximum Gasteiger partial charge on any atom is 0.243 e. The van der Waals surface area contributed by atoms with Crippen molar-refractivity contribution in [1.82, 2.24) is 9.62 Å². The fraction of sp³-hybridized carbons (Fsp3) is 0.250. The minimum Gasteiger partial charge on any atom is -0.313 e. The highest BCUT2D eigenvalue weighted by atomic mass is 35.5. The van der Waals surface area contributed by atoms with E-state index < -0.39 is 21.9 Å². The lowest BCUT2D eigenvalue weighted by Crippen LogP contribution is -2.48. The average molecular weight is 391 g/mol. The molecule has 4 nitrogen and oxygen atoms in total. The van der Waals surface area contributed by atoms with Crippen LogP contribution >= 0.6 is 24.0 Å². The van der Waals surface area contributed by atoms with Crippen LogP contribution in [0.3, 0.4) is 0 Å². The molecule has 2 aromatic carbocycles. The Hall–Kier alpha value is -1.18. The van der Waals surface area contributed by atoms with Gasteiger partial charge in [-0.15, -0.1) is 12.4 Å². The topological polar surface area (TPSA) is 49.4 Å². The molecule has 0 aromatic heterocycles. The Kier molecular flexibility index (Phi) is 6.22. The van der Waals surface area contributed by atoms with Crippen LogP contribution in [0.1, 0.15) is 11.6 Å². The molecule has 0 radical (unpaired) electrons. The van der Waals surface area contributed by atoms with E-state index in [4.69, 9.17) is 11.6 Å². The molecule has 0 amide bonds. The Morgan fingerprint density at radius 3 is 2.62 bits per heavy atom. The van der Waals surface area contributed by atoms with Crippen LogP contribution in [0, 0.1) is 5.82 Å². The van der Waals surface area contributed by atoms with Crippen molar-refractivity contribution >= 4 is 34.0 Å². The number of hydrogen-bond acceptors (Lipinski definition) is 3. The van der Waals surface area contributed by atoms with Gasteiger partial charge in [0.15, 0.2) is 0 Å². The predicted octanol–water partition coefficient (Wildman–Crippen LogP) is 3.24. The van der Waals surface area contributed by atoms with Gasteiger partial charge < -0.3 is 5.32 Å². The summed E-state index contributed by atoms with van der Waals surface area (Å²) in [4.78, 5) is -0.0450. The van der Waals surface area contributed by atoms with Crippen LogP contribution in [0.4, 0.5) is 4.39 Å². The van der Waals surface area contributed by atoms with E-state index in [1.54, 1.807) is 12.1 Å². The first-order chi connectivity index (χ1) is 11.0. The zero-order chi connectivity index (χ0) is 16.4. The van der Waals surface area contributed by atoms with Gasteiger partial charge in [0.25, 0.3) is 0 Å². The fourth-order valence-corrected chi connectivity index (χ4v) is 4.65. The molecule has 1 atom stereocenters. The normalized spacial score (nSPS) is 18.8. The summed E-state index contributed by atoms with van der Waals surface area (Å²) in [5.74, 6) is -0.574. The molecule has 1 aliphatic heterocycles. The lowest BCUT2D eigenvalue weighted by molar-refractivity contribution is 0.271. The first kappa shape index (κ1) is 19.1. The third-order valence-electron chi connectivity index (χ3n) is 3.86. The molecule has 24 heavy (non-hydrogen) atoms. The molecule has 0 aliphatic carbocycles. The predicted molar refractivity (Wildman–Crippen MR) is 94.6 cm³/mol. The highest BCUT2D eigenvalue weighted by Gasteiger charge is 2.35. The van der Waals surface area contributed by atoms with Gasteiger partial charge in [0.1, 0.15) is 5.82 Å². The molecule has 1 N–H and O–H groups in total. The maximum absolute atomic E-state index is 13.4. The van der Waals surface area contributed by atoms with Gasteiger partial charge in [-0.05, 0) is 29.8 Å². The molecule has 1 unspecified atom stereocenters. The second kappa shape index (κ2) is 7.80. The lowest BCUT2D eigenvalue weighted by Gasteiger charge is -2.35. The quantitative estimate of drug-likeness (QED) is 0.874. The Morgan fingerprint density at radius 1 is 1.17 bits per heavy atom. The van der Waals surface area contributed by atoms with Gasteiger partial charge in [-0.25, -0.2) is 12.8 Å². The van der Waals surface area contributed by atoms with Crippen LogP contribution in [-0.2, 0) is 10.0 Å². The maximum atomic E-state index is 13.4. The van der Waals surface area contributed by atoms with Gasteiger partial charge in [0.2, 0.25) is 10.0 Å². The lowest BCUT2D eigenvalue weighted by atomic mass is 10.1. The number of hydrogen-bond donors (Lipinski definition) is 1. The summed E-state index contributed by atoms with van der Waals surface area (Å²) in [6.07, 6.45) is 0. The molecular formula is C16H17Cl2FN2O2S. The van der Waals surface area contributed by atoms with Gasteiger partial charge in [0, 0.05) is 24.7 Å². The van der Waals surface area contributed by atoms with Crippen molar-refractivity contribution in [1.29, 1.82) is 0 Å². The zero-order valence-electron chi connectivity index (χ0n) is 12.7. The number of sulfonamides is 1. The number of nitrogens with one attached hydrogen (secondary N) is 1. The summed E-state index contributed by atoms with van der Waals surface area (Å²) < 4.78 is 40.7. The largest absolute Gasteiger partial charge is 0.313 e. The van der Waals surface area contributed by atoms with Crippen LogP contribution in [-0.4, -0.2) is 32.4 Å². The van der Waals surface area contributed by atoms with Crippen molar-refractivity contribution in [2.75, 3.05) is 19.6 Å². The van der Waals surface area contributed by atoms with Crippen LogP contribution in [0.5, 0.6) is 0 Å². The molecule has 8 heteroatoms. The molecule has 1 heterocycles. The SMILES string of the molecule is Cl.O=S(=O)(c1cccc(F)c1)N1CCNCC1c1ccccc1Cl. The Bertz CT molecular complexity index is 817. The number of benzene rings is 2. The number of rotatable bonds is 3. The fourth-order valence-electron chi connectivity index (χ4n) is 2.75. The number of nitrogens with zero attached hydrogens (tertiary/aromatic N) is 1. The average Bonchev–Trinajstić information content (AvgIpc) is 2.55. The van der Waals surface area contributed by atoms with Crippen LogP contribution < -0.4 is 5.32 Å². The van der Waals surface area contributed by atoms with E-state index in [1.165, 1.54) is 22.5 Å². The smallest absolute Gasteiger partial charge is 0.243 e. The Balaban J connectivity index is 0.00000208. The highest BCUT2D eigenvalue weighted by Crippen LogP contribution is 2.32. The summed E-state index contributed by atoms with van der Waals surface area (Å²) >= 11 is 6.23. The van der Waals surface area contributed by atoms with E-state index in [0.29, 0.717) is 24.7 Å². The van der Waals surface area contributed by atoms with Gasteiger partial charge in [-0.2, -0.15) is 4.31 Å². The van der Waals surface area contributed by atoms with Crippen LogP contribution in [0.25, 0.3) is 0 Å². The molecule has 1 fully saturated rings. The second-order valence-electron chi connectivity index (χ2n) is 5.31. The van der Waals surface area contributed by atoms with Gasteiger partial charge in [-0.3, -0.25) is 0 Å². The Morgan fingerprint density at radius 2 is 1.92 bits per heavy atom. The second-order valence-corrected chi connectivity index (χ2v) is 7.61. The van der Waals surface area contributed by atoms with E-state index in [9.17, 15) is 12.8 Å². The molecule has 0 spiro atoms. The first-order valence-electron chi connectivity index (χ1n) is 7.23. The van der Waals surface area contributed by atoms with E-state index in [-0.39, 0.29) is 17.3 Å². The minimum atomic E-state index is -3.80. The highest BCUT2D eigenvalue weighted by molar-refractivity contribution is 7.89. The Labute approximate surface area is 152 Å². The zero-order valence-corrected chi connectivity index (χ0v) is 15.0. The number of piperazine rings is 1. The monoisotopic (exact) mass is 390 g/mol. The third-order valence-corrected chi connectivity index (χ3v) is 6.11. The summed E-state index contributed by atoms with van der Waals surface area (Å²) in [6.45, 7) is 1.29. The summed E-state index contributed by atoms with van der Waals surface area (Å²) in [5.41, 5.74) is 0.737. The molecule has 1 aliphatic rings. The minimum absolute atomic E-state index is 0. The summed E-state index contributed by atoms with van der Waals surface area (Å²) in [7, 11) is -3.80. The molecule has 0 bridgehead atoms. The van der Waals surface area contributed by atoms with Crippen molar-refractivity contribution in [3.63, 3.8) is 0 Å². The van der Waals surface area contributed by atoms with E-state index in [1.807, 2.05) is 12.1 Å². The van der Waals surface area contributed by atoms with E-state index in [2.05, 4.69) is 5.32 Å². The molecule has 0 saturated carbocycles. The standard InChI is InChI=1S/C16H16ClFN2O2S.ClH/c17-15-7-2-1-6-14(15)16-11-19-8-9-20(16)23(21,22)13-5-3-4-12(18)10-13;/h1-7,10,16,19H,8-9,11H2;1H. The van der Waals surface area contributed by atoms with Crippen LogP contribution in [0.15, 0.2) is 53.4 Å². The summed E-state index contributed by atoms with van der Waals surface area (Å²) in [5, 5.41) is 3.70. The van der Waals surface area contributed by atoms with E-state index in [0.717, 1.165) is 11.6 Å². The van der Waals surface area contributed by atoms with E-state index >= 15 is 0 Å². The van der Waals surface area contributed by atoms with Crippen LogP contribution in [0.2, 0.25) is 5.02 Å². The van der Waals surface area contributed by atoms with Crippen molar-refractivity contribution in [3.8, 4) is 0 Å². The van der Waals surface area contributed by atoms with Crippen molar-refractivity contribution in [2.24, 2.45) is 0 Å². The van der Waals surface area contributed by atoms with Crippen molar-refractivity contribution in [2.45, 2.75) is 10.9 Å². The number of halogens is 3. The molecule has 130 valence electrons. The molecule has 3 rings (SSSR count). The van der Waals surface area contributed by atoms with Gasteiger partial charge in [-0.1, -0.05) is 35.9 Å². The van der Waals surface area contributed by atoms with Crippen molar-refractivity contribution < 1.29 is 12.8 Å². The third kappa shape index (κ3) is 3.73. The van der Waals surface area contributed by atoms with Gasteiger partial charge >= 0.3 is 0 Å². The molecule has 2 aromatic rings. The molecular weight excluding hydrogens is 374 g/mol. The first-order valence-corrected chi connectivity index (χ1v) is 9.04. The summed E-state index contributed by atoms with van der Waals surface area (Å²) in [6, 6.07) is 11.8. The molecule has 1 saturated heterocycles. The van der Waals surface area contributed by atoms with Gasteiger partial charge in [0.05, 0.1) is 10.9 Å².